The number of hydrogen-bond acceptors (Lipinski definition) is 5. The van der Waals surface area contributed by atoms with Gasteiger partial charge in [-0.25, -0.2) is 9.97 Å². The lowest BCUT2D eigenvalue weighted by Gasteiger charge is -2.12. The molecule has 128 valence electrons. The van der Waals surface area contributed by atoms with Gasteiger partial charge in [-0.3, -0.25) is 4.79 Å². The van der Waals surface area contributed by atoms with Crippen LogP contribution in [0.15, 0.2) is 35.5 Å². The summed E-state index contributed by atoms with van der Waals surface area (Å²) in [5, 5.41) is 8.49. The topological polar surface area (TPSA) is 72.7 Å². The number of pyridine rings is 1. The molecule has 1 aliphatic rings. The second-order valence-corrected chi connectivity index (χ2v) is 7.16. The van der Waals surface area contributed by atoms with Crippen molar-refractivity contribution in [3.8, 4) is 5.82 Å². The fourth-order valence-electron chi connectivity index (χ4n) is 3.25. The SMILES string of the molecule is CSc1ccc2c(C)cc(-n3ncnc3C[C@H]3CCC(=O)N3)nc2c1. The van der Waals surface area contributed by atoms with E-state index in [-0.39, 0.29) is 11.9 Å². The Morgan fingerprint density at radius 3 is 3.00 bits per heavy atom. The normalized spacial score (nSPS) is 17.2. The van der Waals surface area contributed by atoms with E-state index in [1.165, 1.54) is 4.90 Å². The Kier molecular flexibility index (Phi) is 4.17. The summed E-state index contributed by atoms with van der Waals surface area (Å²) in [5.41, 5.74) is 2.11. The van der Waals surface area contributed by atoms with Crippen LogP contribution in [0.25, 0.3) is 16.7 Å². The van der Waals surface area contributed by atoms with E-state index < -0.39 is 0 Å². The zero-order valence-corrected chi connectivity index (χ0v) is 15.0. The van der Waals surface area contributed by atoms with Crippen LogP contribution >= 0.6 is 11.8 Å². The highest BCUT2D eigenvalue weighted by atomic mass is 32.2. The van der Waals surface area contributed by atoms with E-state index in [9.17, 15) is 4.79 Å². The Hall–Kier alpha value is -2.41. The third kappa shape index (κ3) is 3.11. The molecule has 2 aromatic heterocycles. The predicted molar refractivity (Wildman–Crippen MR) is 98.0 cm³/mol. The van der Waals surface area contributed by atoms with E-state index in [4.69, 9.17) is 4.98 Å². The molecule has 1 atom stereocenters. The quantitative estimate of drug-likeness (QED) is 0.730. The maximum atomic E-state index is 11.4. The second-order valence-electron chi connectivity index (χ2n) is 6.28. The van der Waals surface area contributed by atoms with Crippen molar-refractivity contribution in [2.75, 3.05) is 6.26 Å². The van der Waals surface area contributed by atoms with Gasteiger partial charge in [0.05, 0.1) is 5.52 Å². The van der Waals surface area contributed by atoms with Gasteiger partial charge in [-0.1, -0.05) is 6.07 Å². The summed E-state index contributed by atoms with van der Waals surface area (Å²) in [6, 6.07) is 8.49. The van der Waals surface area contributed by atoms with Gasteiger partial charge >= 0.3 is 0 Å². The van der Waals surface area contributed by atoms with Crippen LogP contribution in [0.1, 0.15) is 24.2 Å². The van der Waals surface area contributed by atoms with E-state index in [0.717, 1.165) is 34.5 Å². The zero-order valence-electron chi connectivity index (χ0n) is 14.2. The first-order chi connectivity index (χ1) is 12.1. The summed E-state index contributed by atoms with van der Waals surface area (Å²) in [7, 11) is 0. The Labute approximate surface area is 150 Å². The highest BCUT2D eigenvalue weighted by molar-refractivity contribution is 7.98. The molecule has 1 N–H and O–H groups in total. The fraction of sp³-hybridized carbons (Fsp3) is 0.333. The minimum atomic E-state index is 0.111. The van der Waals surface area contributed by atoms with E-state index in [2.05, 4.69) is 46.8 Å². The highest BCUT2D eigenvalue weighted by Gasteiger charge is 2.23. The van der Waals surface area contributed by atoms with Crippen LogP contribution in [0, 0.1) is 6.92 Å². The first-order valence-corrected chi connectivity index (χ1v) is 9.50. The molecule has 1 fully saturated rings. The number of carbonyl (C=O) groups excluding carboxylic acids is 1. The smallest absolute Gasteiger partial charge is 0.220 e. The number of thioether (sulfide) groups is 1. The van der Waals surface area contributed by atoms with Crippen molar-refractivity contribution < 1.29 is 4.79 Å². The number of nitrogens with one attached hydrogen (secondary N) is 1. The van der Waals surface area contributed by atoms with Crippen molar-refractivity contribution >= 4 is 28.6 Å². The molecule has 6 nitrogen and oxygen atoms in total. The van der Waals surface area contributed by atoms with E-state index in [1.54, 1.807) is 22.8 Å². The molecule has 0 unspecified atom stereocenters. The van der Waals surface area contributed by atoms with Crippen molar-refractivity contribution in [2.24, 2.45) is 0 Å². The minimum Gasteiger partial charge on any atom is -0.353 e. The molecule has 25 heavy (non-hydrogen) atoms. The maximum absolute atomic E-state index is 11.4. The fourth-order valence-corrected chi connectivity index (χ4v) is 3.68. The van der Waals surface area contributed by atoms with Crippen LogP contribution in [0.5, 0.6) is 0 Å². The Bertz CT molecular complexity index is 952. The van der Waals surface area contributed by atoms with E-state index in [1.807, 2.05) is 6.07 Å². The molecule has 1 saturated heterocycles. The van der Waals surface area contributed by atoms with Crippen molar-refractivity contribution in [1.82, 2.24) is 25.1 Å². The number of amides is 1. The van der Waals surface area contributed by atoms with Crippen molar-refractivity contribution in [1.29, 1.82) is 0 Å². The first-order valence-electron chi connectivity index (χ1n) is 8.28. The number of benzene rings is 1. The molecule has 0 spiro atoms. The largest absolute Gasteiger partial charge is 0.353 e. The number of nitrogens with zero attached hydrogens (tertiary/aromatic N) is 4. The molecule has 4 rings (SSSR count). The van der Waals surface area contributed by atoms with Gasteiger partial charge in [0.25, 0.3) is 0 Å². The molecule has 1 aliphatic heterocycles. The van der Waals surface area contributed by atoms with Gasteiger partial charge in [0.15, 0.2) is 5.82 Å². The Morgan fingerprint density at radius 1 is 1.36 bits per heavy atom. The van der Waals surface area contributed by atoms with Crippen molar-refractivity contribution in [2.45, 2.75) is 37.1 Å². The number of rotatable bonds is 4. The summed E-state index contributed by atoms with van der Waals surface area (Å²) in [6.07, 6.45) is 5.70. The number of carbonyl (C=O) groups is 1. The molecule has 3 aromatic rings. The standard InChI is InChI=1S/C18H19N5OS/c1-11-7-17(22-15-9-13(25-2)4-5-14(11)15)23-16(19-10-20-23)8-12-3-6-18(24)21-12/h4-5,7,9-10,12H,3,6,8H2,1-2H3,(H,21,24)/t12-/m1/s1. The Morgan fingerprint density at radius 2 is 2.24 bits per heavy atom. The van der Waals surface area contributed by atoms with Crippen LogP contribution < -0.4 is 5.32 Å². The van der Waals surface area contributed by atoms with E-state index in [0.29, 0.717) is 12.8 Å². The Balaban J connectivity index is 1.72. The van der Waals surface area contributed by atoms with Crippen molar-refractivity contribution in [3.05, 3.63) is 42.0 Å². The molecule has 3 heterocycles. The highest BCUT2D eigenvalue weighted by Crippen LogP contribution is 2.25. The van der Waals surface area contributed by atoms with Gasteiger partial charge in [0.2, 0.25) is 5.91 Å². The number of fused-ring (bicyclic) bond motifs is 1. The molecule has 0 radical (unpaired) electrons. The summed E-state index contributed by atoms with van der Waals surface area (Å²) in [6.45, 7) is 2.08. The molecule has 0 saturated carbocycles. The van der Waals surface area contributed by atoms with Crippen LogP contribution in [-0.4, -0.2) is 38.0 Å². The number of aryl methyl sites for hydroxylation is 1. The number of aromatic nitrogens is 4. The average molecular weight is 353 g/mol. The molecular formula is C18H19N5OS. The molecule has 0 bridgehead atoms. The van der Waals surface area contributed by atoms with Gasteiger partial charge < -0.3 is 5.32 Å². The monoisotopic (exact) mass is 353 g/mol. The first kappa shape index (κ1) is 16.1. The second kappa shape index (κ2) is 6.48. The van der Waals surface area contributed by atoms with E-state index >= 15 is 0 Å². The summed E-state index contributed by atoms with van der Waals surface area (Å²) >= 11 is 1.70. The van der Waals surface area contributed by atoms with Gasteiger partial charge in [0, 0.05) is 29.2 Å². The summed E-state index contributed by atoms with van der Waals surface area (Å²) in [5.74, 6) is 1.69. The molecule has 1 amide bonds. The molecule has 0 aliphatic carbocycles. The van der Waals surface area contributed by atoms with Gasteiger partial charge in [-0.2, -0.15) is 9.78 Å². The maximum Gasteiger partial charge on any atom is 0.220 e. The molecule has 7 heteroatoms. The van der Waals surface area contributed by atoms with Crippen LogP contribution in [0.3, 0.4) is 0 Å². The average Bonchev–Trinajstić information content (AvgIpc) is 3.23. The van der Waals surface area contributed by atoms with Gasteiger partial charge in [-0.15, -0.1) is 11.8 Å². The lowest BCUT2D eigenvalue weighted by Crippen LogP contribution is -2.28. The van der Waals surface area contributed by atoms with Crippen LogP contribution in [0.4, 0.5) is 0 Å². The minimum absolute atomic E-state index is 0.111. The van der Waals surface area contributed by atoms with Gasteiger partial charge in [-0.05, 0) is 43.4 Å². The number of hydrogen-bond donors (Lipinski definition) is 1. The van der Waals surface area contributed by atoms with Gasteiger partial charge in [0.1, 0.15) is 12.2 Å². The third-order valence-corrected chi connectivity index (χ3v) is 5.28. The zero-order chi connectivity index (χ0) is 17.4. The summed E-state index contributed by atoms with van der Waals surface area (Å²) < 4.78 is 1.78. The van der Waals surface area contributed by atoms with Crippen LogP contribution in [-0.2, 0) is 11.2 Å². The third-order valence-electron chi connectivity index (χ3n) is 4.56. The van der Waals surface area contributed by atoms with Crippen molar-refractivity contribution in [3.63, 3.8) is 0 Å². The lowest BCUT2D eigenvalue weighted by atomic mass is 10.1. The van der Waals surface area contributed by atoms with Crippen LogP contribution in [0.2, 0.25) is 0 Å². The predicted octanol–water partition coefficient (Wildman–Crippen LogP) is 2.67. The lowest BCUT2D eigenvalue weighted by molar-refractivity contribution is -0.119. The molecular weight excluding hydrogens is 334 g/mol. The molecule has 1 aromatic carbocycles. The summed E-state index contributed by atoms with van der Waals surface area (Å²) in [4.78, 5) is 21.8.